The van der Waals surface area contributed by atoms with Crippen molar-refractivity contribution in [2.45, 2.75) is 6.42 Å². The lowest BCUT2D eigenvalue weighted by Gasteiger charge is -2.11. The second-order valence-corrected chi connectivity index (χ2v) is 2.93. The van der Waals surface area contributed by atoms with E-state index in [4.69, 9.17) is 5.11 Å². The van der Waals surface area contributed by atoms with Crippen LogP contribution in [0.4, 0.5) is 0 Å². The molecule has 2 aliphatic rings. The van der Waals surface area contributed by atoms with Crippen molar-refractivity contribution in [2.24, 2.45) is 9.98 Å². The molecule has 0 unspecified atom stereocenters. The lowest BCUT2D eigenvalue weighted by molar-refractivity contribution is 0.329. The van der Waals surface area contributed by atoms with Crippen LogP contribution in [-0.4, -0.2) is 23.6 Å². The maximum Gasteiger partial charge on any atom is 0.0648 e. The number of allylic oxidation sites excluding steroid dienone is 3. The molecule has 0 atom stereocenters. The zero-order valence-electron chi connectivity index (χ0n) is 7.14. The van der Waals surface area contributed by atoms with Crippen molar-refractivity contribution in [1.82, 2.24) is 0 Å². The molecule has 1 heterocycles. The second-order valence-electron chi connectivity index (χ2n) is 2.93. The molecular formula is C10H10N2O. The van der Waals surface area contributed by atoms with E-state index in [0.29, 0.717) is 0 Å². The summed E-state index contributed by atoms with van der Waals surface area (Å²) in [5.74, 6) is 0. The normalized spacial score (nSPS) is 19.9. The maximum absolute atomic E-state index is 8.95. The van der Waals surface area contributed by atoms with Gasteiger partial charge in [0.1, 0.15) is 0 Å². The third-order valence-corrected chi connectivity index (χ3v) is 2.03. The first-order chi connectivity index (χ1) is 6.40. The van der Waals surface area contributed by atoms with E-state index in [1.54, 1.807) is 18.6 Å². The monoisotopic (exact) mass is 174 g/mol. The minimum Gasteiger partial charge on any atom is -0.392 e. The Kier molecular flexibility index (Phi) is 2.19. The maximum atomic E-state index is 8.95. The number of nitrogens with zero attached hydrogens (tertiary/aromatic N) is 2. The van der Waals surface area contributed by atoms with Crippen molar-refractivity contribution in [3.05, 3.63) is 35.7 Å². The lowest BCUT2D eigenvalue weighted by Crippen LogP contribution is -2.10. The van der Waals surface area contributed by atoms with E-state index in [1.807, 2.05) is 12.2 Å². The number of aliphatic hydroxyl groups is 1. The Bertz CT molecular complexity index is 359. The molecule has 0 saturated heterocycles. The van der Waals surface area contributed by atoms with E-state index in [-0.39, 0.29) is 6.61 Å². The predicted molar refractivity (Wildman–Crippen MR) is 52.9 cm³/mol. The van der Waals surface area contributed by atoms with Gasteiger partial charge in [-0.3, -0.25) is 9.98 Å². The number of hydrogen-bond acceptors (Lipinski definition) is 3. The molecule has 3 nitrogen and oxygen atoms in total. The summed E-state index contributed by atoms with van der Waals surface area (Å²) in [6.45, 7) is 0.101. The van der Waals surface area contributed by atoms with E-state index in [1.165, 1.54) is 0 Å². The van der Waals surface area contributed by atoms with Crippen LogP contribution < -0.4 is 0 Å². The summed E-state index contributed by atoms with van der Waals surface area (Å²) in [5, 5.41) is 8.95. The highest BCUT2D eigenvalue weighted by Gasteiger charge is 2.11. The predicted octanol–water partition coefficient (Wildman–Crippen LogP) is 1.23. The van der Waals surface area contributed by atoms with E-state index < -0.39 is 0 Å². The van der Waals surface area contributed by atoms with Crippen LogP contribution in [0.5, 0.6) is 0 Å². The fourth-order valence-electron chi connectivity index (χ4n) is 1.31. The highest BCUT2D eigenvalue weighted by Crippen LogP contribution is 2.16. The van der Waals surface area contributed by atoms with Crippen LogP contribution >= 0.6 is 0 Å². The van der Waals surface area contributed by atoms with Crippen molar-refractivity contribution >= 4 is 11.9 Å². The van der Waals surface area contributed by atoms with Crippen molar-refractivity contribution in [3.63, 3.8) is 0 Å². The van der Waals surface area contributed by atoms with E-state index in [0.717, 1.165) is 23.3 Å². The number of rotatable bonds is 1. The topological polar surface area (TPSA) is 45.0 Å². The Morgan fingerprint density at radius 1 is 1.31 bits per heavy atom. The van der Waals surface area contributed by atoms with Gasteiger partial charge in [0.15, 0.2) is 0 Å². The average Bonchev–Trinajstić information content (AvgIpc) is 2.41. The Balaban J connectivity index is 2.35. The summed E-state index contributed by atoms with van der Waals surface area (Å²) in [6.07, 6.45) is 9.69. The van der Waals surface area contributed by atoms with Crippen LogP contribution in [0, 0.1) is 0 Å². The molecule has 0 spiro atoms. The molecule has 1 aliphatic carbocycles. The van der Waals surface area contributed by atoms with Crippen LogP contribution in [0.2, 0.25) is 0 Å². The molecule has 0 aromatic carbocycles. The summed E-state index contributed by atoms with van der Waals surface area (Å²) in [7, 11) is 0. The summed E-state index contributed by atoms with van der Waals surface area (Å²) in [4.78, 5) is 8.26. The highest BCUT2D eigenvalue weighted by molar-refractivity contribution is 6.18. The Labute approximate surface area is 76.5 Å². The second kappa shape index (κ2) is 3.49. The van der Waals surface area contributed by atoms with Crippen molar-refractivity contribution in [2.75, 3.05) is 6.61 Å². The zero-order valence-corrected chi connectivity index (χ0v) is 7.14. The molecule has 0 bridgehead atoms. The van der Waals surface area contributed by atoms with Gasteiger partial charge < -0.3 is 5.11 Å². The molecular weight excluding hydrogens is 164 g/mol. The van der Waals surface area contributed by atoms with E-state index in [2.05, 4.69) is 9.98 Å². The first kappa shape index (κ1) is 8.13. The van der Waals surface area contributed by atoms with Crippen molar-refractivity contribution < 1.29 is 5.11 Å². The molecule has 66 valence electrons. The lowest BCUT2D eigenvalue weighted by atomic mass is 9.97. The summed E-state index contributed by atoms with van der Waals surface area (Å²) >= 11 is 0. The van der Waals surface area contributed by atoms with Gasteiger partial charge in [-0.05, 0) is 5.57 Å². The van der Waals surface area contributed by atoms with Gasteiger partial charge in [0, 0.05) is 30.6 Å². The van der Waals surface area contributed by atoms with Crippen molar-refractivity contribution in [1.29, 1.82) is 0 Å². The summed E-state index contributed by atoms with van der Waals surface area (Å²) in [6, 6.07) is 0. The SMILES string of the molecule is OCC1=CC=C2C=NC=CN=C2C1. The van der Waals surface area contributed by atoms with Crippen LogP contribution in [0.3, 0.4) is 0 Å². The van der Waals surface area contributed by atoms with Gasteiger partial charge in [-0.2, -0.15) is 0 Å². The smallest absolute Gasteiger partial charge is 0.0648 e. The van der Waals surface area contributed by atoms with Crippen molar-refractivity contribution in [3.8, 4) is 0 Å². The minimum absolute atomic E-state index is 0.101. The number of aliphatic imine (C=N–C) groups is 2. The zero-order chi connectivity index (χ0) is 9.10. The Morgan fingerprint density at radius 2 is 2.23 bits per heavy atom. The molecule has 0 saturated carbocycles. The quantitative estimate of drug-likeness (QED) is 0.638. The molecule has 1 N–H and O–H groups in total. The van der Waals surface area contributed by atoms with E-state index >= 15 is 0 Å². The molecule has 0 fully saturated rings. The molecule has 0 aromatic rings. The number of fused-ring (bicyclic) bond motifs is 1. The fourth-order valence-corrected chi connectivity index (χ4v) is 1.31. The van der Waals surface area contributed by atoms with Gasteiger partial charge in [-0.25, -0.2) is 0 Å². The summed E-state index contributed by atoms with van der Waals surface area (Å²) < 4.78 is 0. The standard InChI is InChI=1S/C10H10N2O/c13-7-8-1-2-9-6-11-3-4-12-10(9)5-8/h1-4,6,13H,5,7H2. The summed E-state index contributed by atoms with van der Waals surface area (Å²) in [5.41, 5.74) is 3.00. The van der Waals surface area contributed by atoms with Crippen LogP contribution in [0.1, 0.15) is 6.42 Å². The average molecular weight is 174 g/mol. The molecule has 0 amide bonds. The Hall–Kier alpha value is -1.48. The first-order valence-corrected chi connectivity index (χ1v) is 4.16. The van der Waals surface area contributed by atoms with Gasteiger partial charge in [0.2, 0.25) is 0 Å². The first-order valence-electron chi connectivity index (χ1n) is 4.16. The van der Waals surface area contributed by atoms with Crippen LogP contribution in [0.25, 0.3) is 0 Å². The largest absolute Gasteiger partial charge is 0.392 e. The van der Waals surface area contributed by atoms with Gasteiger partial charge in [0.25, 0.3) is 0 Å². The number of hydrogen-bond donors (Lipinski definition) is 1. The van der Waals surface area contributed by atoms with Crippen LogP contribution in [-0.2, 0) is 0 Å². The minimum atomic E-state index is 0.101. The molecule has 3 heteroatoms. The number of aliphatic hydroxyl groups excluding tert-OH is 1. The molecule has 2 rings (SSSR count). The molecule has 0 aromatic heterocycles. The third-order valence-electron chi connectivity index (χ3n) is 2.03. The van der Waals surface area contributed by atoms with Gasteiger partial charge in [-0.15, -0.1) is 0 Å². The fraction of sp³-hybridized carbons (Fsp3) is 0.200. The highest BCUT2D eigenvalue weighted by atomic mass is 16.3. The molecule has 1 aliphatic heterocycles. The van der Waals surface area contributed by atoms with Gasteiger partial charge in [0.05, 0.1) is 12.3 Å². The third kappa shape index (κ3) is 1.65. The van der Waals surface area contributed by atoms with Crippen LogP contribution in [0.15, 0.2) is 45.7 Å². The van der Waals surface area contributed by atoms with Gasteiger partial charge in [-0.1, -0.05) is 12.2 Å². The molecule has 13 heavy (non-hydrogen) atoms. The molecule has 0 radical (unpaired) electrons. The van der Waals surface area contributed by atoms with Gasteiger partial charge >= 0.3 is 0 Å². The van der Waals surface area contributed by atoms with E-state index in [9.17, 15) is 0 Å². The Morgan fingerprint density at radius 3 is 3.08 bits per heavy atom.